The molecule has 106 valence electrons. The summed E-state index contributed by atoms with van der Waals surface area (Å²) in [6, 6.07) is 8.35. The van der Waals surface area contributed by atoms with Crippen molar-refractivity contribution in [1.82, 2.24) is 4.90 Å². The SMILES string of the molecule is CC1SCCN(CCCOc2ccccc2N)C1C. The quantitative estimate of drug-likeness (QED) is 0.665. The molecule has 0 spiro atoms. The predicted octanol–water partition coefficient (Wildman–Crippen LogP) is 2.86. The van der Waals surface area contributed by atoms with Gasteiger partial charge in [-0.2, -0.15) is 11.8 Å². The zero-order valence-corrected chi connectivity index (χ0v) is 12.7. The lowest BCUT2D eigenvalue weighted by Crippen LogP contribution is -2.45. The van der Waals surface area contributed by atoms with Crippen LogP contribution in [0.4, 0.5) is 5.69 Å². The molecule has 2 N–H and O–H groups in total. The van der Waals surface area contributed by atoms with E-state index in [4.69, 9.17) is 10.5 Å². The molecule has 2 atom stereocenters. The van der Waals surface area contributed by atoms with Crippen molar-refractivity contribution in [2.45, 2.75) is 31.6 Å². The van der Waals surface area contributed by atoms with Gasteiger partial charge in [0, 0.05) is 30.1 Å². The van der Waals surface area contributed by atoms with Crippen LogP contribution in [0.2, 0.25) is 0 Å². The molecular formula is C15H24N2OS. The number of thioether (sulfide) groups is 1. The zero-order chi connectivity index (χ0) is 13.7. The third-order valence-corrected chi connectivity index (χ3v) is 5.12. The maximum absolute atomic E-state index is 5.85. The van der Waals surface area contributed by atoms with E-state index in [1.165, 1.54) is 12.3 Å². The number of nitrogen functional groups attached to an aromatic ring is 1. The van der Waals surface area contributed by atoms with Crippen LogP contribution < -0.4 is 10.5 Å². The molecule has 0 aliphatic carbocycles. The van der Waals surface area contributed by atoms with E-state index in [0.29, 0.717) is 6.04 Å². The summed E-state index contributed by atoms with van der Waals surface area (Å²) < 4.78 is 5.73. The number of hydrogen-bond donors (Lipinski definition) is 1. The van der Waals surface area contributed by atoms with Gasteiger partial charge in [0.15, 0.2) is 0 Å². The first-order valence-corrected chi connectivity index (χ1v) is 8.06. The van der Waals surface area contributed by atoms with Crippen LogP contribution in [0, 0.1) is 0 Å². The van der Waals surface area contributed by atoms with Crippen molar-refractivity contribution < 1.29 is 4.74 Å². The first-order chi connectivity index (χ1) is 9.18. The normalized spacial score (nSPS) is 24.3. The maximum Gasteiger partial charge on any atom is 0.142 e. The van der Waals surface area contributed by atoms with Crippen LogP contribution >= 0.6 is 11.8 Å². The zero-order valence-electron chi connectivity index (χ0n) is 11.8. The molecule has 2 rings (SSSR count). The van der Waals surface area contributed by atoms with Crippen LogP contribution in [0.1, 0.15) is 20.3 Å². The Labute approximate surface area is 120 Å². The van der Waals surface area contributed by atoms with Gasteiger partial charge < -0.3 is 10.5 Å². The lowest BCUT2D eigenvalue weighted by atomic mass is 10.2. The van der Waals surface area contributed by atoms with E-state index in [9.17, 15) is 0 Å². The van der Waals surface area contributed by atoms with Crippen LogP contribution in [0.15, 0.2) is 24.3 Å². The standard InChI is InChI=1S/C15H24N2OS/c1-12-13(2)19-11-9-17(12)8-5-10-18-15-7-4-3-6-14(15)16/h3-4,6-7,12-13H,5,8-11,16H2,1-2H3. The van der Waals surface area contributed by atoms with Crippen molar-refractivity contribution in [2.75, 3.05) is 31.2 Å². The minimum absolute atomic E-state index is 0.667. The number of anilines is 1. The van der Waals surface area contributed by atoms with Crippen molar-refractivity contribution in [1.29, 1.82) is 0 Å². The van der Waals surface area contributed by atoms with Crippen molar-refractivity contribution in [3.8, 4) is 5.75 Å². The van der Waals surface area contributed by atoms with Gasteiger partial charge in [0.05, 0.1) is 12.3 Å². The number of hydrogen-bond acceptors (Lipinski definition) is 4. The van der Waals surface area contributed by atoms with E-state index >= 15 is 0 Å². The number of para-hydroxylation sites is 2. The molecule has 4 heteroatoms. The molecule has 1 fully saturated rings. The summed E-state index contributed by atoms with van der Waals surface area (Å²) >= 11 is 2.08. The monoisotopic (exact) mass is 280 g/mol. The highest BCUT2D eigenvalue weighted by molar-refractivity contribution is 8.00. The summed E-state index contributed by atoms with van der Waals surface area (Å²) in [6.07, 6.45) is 1.05. The van der Waals surface area contributed by atoms with Gasteiger partial charge in [0.25, 0.3) is 0 Å². The molecule has 0 aromatic heterocycles. The average molecular weight is 280 g/mol. The highest BCUT2D eigenvalue weighted by Gasteiger charge is 2.24. The fourth-order valence-corrected chi connectivity index (χ4v) is 3.54. The first kappa shape index (κ1) is 14.5. The molecule has 1 aromatic rings. The summed E-state index contributed by atoms with van der Waals surface area (Å²) in [6.45, 7) is 7.69. The Morgan fingerprint density at radius 1 is 1.37 bits per heavy atom. The highest BCUT2D eigenvalue weighted by atomic mass is 32.2. The fourth-order valence-electron chi connectivity index (χ4n) is 2.37. The minimum atomic E-state index is 0.667. The second-order valence-electron chi connectivity index (χ2n) is 5.09. The minimum Gasteiger partial charge on any atom is -0.491 e. The Hall–Kier alpha value is -0.870. The van der Waals surface area contributed by atoms with Gasteiger partial charge in [-0.25, -0.2) is 0 Å². The van der Waals surface area contributed by atoms with E-state index in [0.717, 1.165) is 36.3 Å². The average Bonchev–Trinajstić information content (AvgIpc) is 2.41. The molecule has 1 saturated heterocycles. The van der Waals surface area contributed by atoms with Crippen LogP contribution in [0.5, 0.6) is 5.75 Å². The Morgan fingerprint density at radius 3 is 2.95 bits per heavy atom. The summed E-state index contributed by atoms with van der Waals surface area (Å²) in [5.74, 6) is 2.05. The van der Waals surface area contributed by atoms with Gasteiger partial charge >= 0.3 is 0 Å². The molecule has 0 amide bonds. The van der Waals surface area contributed by atoms with E-state index < -0.39 is 0 Å². The molecule has 1 aliphatic rings. The third kappa shape index (κ3) is 4.05. The molecule has 3 nitrogen and oxygen atoms in total. The Kier molecular flexibility index (Phi) is 5.40. The van der Waals surface area contributed by atoms with Gasteiger partial charge in [-0.3, -0.25) is 4.90 Å². The van der Waals surface area contributed by atoms with Crippen LogP contribution in [0.25, 0.3) is 0 Å². The lowest BCUT2D eigenvalue weighted by Gasteiger charge is -2.37. The van der Waals surface area contributed by atoms with Crippen LogP contribution in [0.3, 0.4) is 0 Å². The summed E-state index contributed by atoms with van der Waals surface area (Å²) in [5, 5.41) is 0.736. The van der Waals surface area contributed by atoms with Crippen molar-refractivity contribution in [2.24, 2.45) is 0 Å². The second kappa shape index (κ2) is 7.06. The van der Waals surface area contributed by atoms with E-state index in [2.05, 4.69) is 30.5 Å². The molecule has 2 unspecified atom stereocenters. The van der Waals surface area contributed by atoms with Gasteiger partial charge in [0.2, 0.25) is 0 Å². The fraction of sp³-hybridized carbons (Fsp3) is 0.600. The van der Waals surface area contributed by atoms with Crippen molar-refractivity contribution in [3.05, 3.63) is 24.3 Å². The molecular weight excluding hydrogens is 256 g/mol. The Morgan fingerprint density at radius 2 is 2.16 bits per heavy atom. The molecule has 19 heavy (non-hydrogen) atoms. The first-order valence-electron chi connectivity index (χ1n) is 7.01. The number of nitrogens with two attached hydrogens (primary N) is 1. The highest BCUT2D eigenvalue weighted by Crippen LogP contribution is 2.24. The maximum atomic E-state index is 5.85. The molecule has 1 aromatic carbocycles. The number of nitrogens with zero attached hydrogens (tertiary/aromatic N) is 1. The summed E-state index contributed by atoms with van der Waals surface area (Å²) in [7, 11) is 0. The Balaban J connectivity index is 1.71. The smallest absolute Gasteiger partial charge is 0.142 e. The van der Waals surface area contributed by atoms with Crippen molar-refractivity contribution in [3.63, 3.8) is 0 Å². The number of rotatable bonds is 5. The Bertz CT molecular complexity index is 399. The largest absolute Gasteiger partial charge is 0.491 e. The van der Waals surface area contributed by atoms with E-state index in [-0.39, 0.29) is 0 Å². The molecule has 1 aliphatic heterocycles. The topological polar surface area (TPSA) is 38.5 Å². The van der Waals surface area contributed by atoms with Crippen LogP contribution in [-0.4, -0.2) is 41.6 Å². The molecule has 0 radical (unpaired) electrons. The van der Waals surface area contributed by atoms with Crippen LogP contribution in [-0.2, 0) is 0 Å². The van der Waals surface area contributed by atoms with E-state index in [1.54, 1.807) is 0 Å². The molecule has 0 bridgehead atoms. The summed E-state index contributed by atoms with van der Waals surface area (Å²) in [4.78, 5) is 2.57. The predicted molar refractivity (Wildman–Crippen MR) is 83.9 cm³/mol. The van der Waals surface area contributed by atoms with E-state index in [1.807, 2.05) is 24.3 Å². The lowest BCUT2D eigenvalue weighted by molar-refractivity contribution is 0.192. The van der Waals surface area contributed by atoms with Gasteiger partial charge in [-0.1, -0.05) is 19.1 Å². The number of benzene rings is 1. The van der Waals surface area contributed by atoms with Gasteiger partial charge in [0.1, 0.15) is 5.75 Å². The molecule has 1 heterocycles. The summed E-state index contributed by atoms with van der Waals surface area (Å²) in [5.41, 5.74) is 6.57. The van der Waals surface area contributed by atoms with Gasteiger partial charge in [-0.15, -0.1) is 0 Å². The number of ether oxygens (including phenoxy) is 1. The third-order valence-electron chi connectivity index (χ3n) is 3.78. The van der Waals surface area contributed by atoms with Gasteiger partial charge in [-0.05, 0) is 25.5 Å². The van der Waals surface area contributed by atoms with Crippen molar-refractivity contribution >= 4 is 17.4 Å². The second-order valence-corrected chi connectivity index (χ2v) is 6.58. The molecule has 0 saturated carbocycles.